The lowest BCUT2D eigenvalue weighted by atomic mass is 9.51. The van der Waals surface area contributed by atoms with E-state index in [0.717, 1.165) is 42.0 Å². The smallest absolute Gasteiger partial charge is 0.0931 e. The van der Waals surface area contributed by atoms with Crippen LogP contribution in [0.5, 0.6) is 0 Å². The molecule has 4 saturated carbocycles. The van der Waals surface area contributed by atoms with Crippen LogP contribution in [0, 0.1) is 11.8 Å². The molecule has 104 valence electrons. The molecule has 2 N–H and O–H groups in total. The summed E-state index contributed by atoms with van der Waals surface area (Å²) in [6, 6.07) is 4.08. The number of rotatable bonds is 3. The second-order valence-electron chi connectivity index (χ2n) is 7.03. The summed E-state index contributed by atoms with van der Waals surface area (Å²) in [7, 11) is 0. The maximum absolute atomic E-state index is 10.7. The summed E-state index contributed by atoms with van der Waals surface area (Å²) in [5, 5.41) is 14.5. The highest BCUT2D eigenvalue weighted by molar-refractivity contribution is 7.16. The van der Waals surface area contributed by atoms with Crippen LogP contribution in [0.15, 0.2) is 12.1 Å². The summed E-state index contributed by atoms with van der Waals surface area (Å²) < 4.78 is 0.862. The van der Waals surface area contributed by atoms with Gasteiger partial charge >= 0.3 is 0 Å². The molecule has 1 aromatic heterocycles. The van der Waals surface area contributed by atoms with Crippen molar-refractivity contribution in [3.63, 3.8) is 0 Å². The molecule has 4 bridgehead atoms. The zero-order valence-electron chi connectivity index (χ0n) is 11.0. The lowest BCUT2D eigenvalue weighted by Crippen LogP contribution is -2.64. The van der Waals surface area contributed by atoms with E-state index in [0.29, 0.717) is 0 Å². The number of nitrogens with one attached hydrogen (secondary N) is 1. The molecule has 2 nitrogen and oxygen atoms in total. The van der Waals surface area contributed by atoms with Crippen LogP contribution in [0.25, 0.3) is 0 Å². The van der Waals surface area contributed by atoms with E-state index in [4.69, 9.17) is 11.6 Å². The third kappa shape index (κ3) is 2.25. The van der Waals surface area contributed by atoms with Crippen LogP contribution in [-0.2, 0) is 6.54 Å². The van der Waals surface area contributed by atoms with E-state index in [-0.39, 0.29) is 11.1 Å². The zero-order valence-corrected chi connectivity index (χ0v) is 12.6. The van der Waals surface area contributed by atoms with E-state index >= 15 is 0 Å². The van der Waals surface area contributed by atoms with E-state index in [1.807, 2.05) is 6.07 Å². The summed E-state index contributed by atoms with van der Waals surface area (Å²) in [4.78, 5) is 1.30. The molecule has 2 atom stereocenters. The predicted molar refractivity (Wildman–Crippen MR) is 78.5 cm³/mol. The van der Waals surface area contributed by atoms with Gasteiger partial charge in [-0.3, -0.25) is 0 Å². The monoisotopic (exact) mass is 297 g/mol. The van der Waals surface area contributed by atoms with Gasteiger partial charge in [-0.25, -0.2) is 0 Å². The molecule has 0 aromatic carbocycles. The van der Waals surface area contributed by atoms with Crippen molar-refractivity contribution in [1.82, 2.24) is 5.32 Å². The summed E-state index contributed by atoms with van der Waals surface area (Å²) in [6.07, 6.45) is 6.88. The third-order valence-corrected chi connectivity index (χ3v) is 6.53. The molecular weight excluding hydrogens is 278 g/mol. The van der Waals surface area contributed by atoms with E-state index in [2.05, 4.69) is 11.4 Å². The molecule has 0 amide bonds. The Morgan fingerprint density at radius 3 is 2.58 bits per heavy atom. The quantitative estimate of drug-likeness (QED) is 0.894. The summed E-state index contributed by atoms with van der Waals surface area (Å²) in [5.74, 6) is 1.48. The third-order valence-electron chi connectivity index (χ3n) is 5.30. The molecule has 2 unspecified atom stereocenters. The Hall–Kier alpha value is -0.0900. The topological polar surface area (TPSA) is 32.3 Å². The Labute approximate surface area is 123 Å². The molecule has 4 fully saturated rings. The van der Waals surface area contributed by atoms with Crippen LogP contribution >= 0.6 is 22.9 Å². The van der Waals surface area contributed by atoms with Crippen molar-refractivity contribution in [1.29, 1.82) is 0 Å². The molecular formula is C15H20ClNOS. The maximum Gasteiger partial charge on any atom is 0.0931 e. The van der Waals surface area contributed by atoms with Gasteiger partial charge in [0.1, 0.15) is 0 Å². The van der Waals surface area contributed by atoms with Crippen LogP contribution in [-0.4, -0.2) is 16.2 Å². The first-order valence-corrected chi connectivity index (χ1v) is 8.45. The lowest BCUT2D eigenvalue weighted by molar-refractivity contribution is -0.142. The van der Waals surface area contributed by atoms with Crippen molar-refractivity contribution in [2.75, 3.05) is 0 Å². The Bertz CT molecular complexity index is 486. The van der Waals surface area contributed by atoms with Gasteiger partial charge in [0, 0.05) is 17.0 Å². The molecule has 1 aromatic rings. The Kier molecular flexibility index (Phi) is 2.79. The fraction of sp³-hybridized carbons (Fsp3) is 0.733. The van der Waals surface area contributed by atoms with Crippen LogP contribution < -0.4 is 5.32 Å². The molecule has 0 aliphatic heterocycles. The molecule has 4 aliphatic rings. The fourth-order valence-corrected chi connectivity index (χ4v) is 6.17. The minimum Gasteiger partial charge on any atom is -0.390 e. The van der Waals surface area contributed by atoms with E-state index < -0.39 is 0 Å². The van der Waals surface area contributed by atoms with Gasteiger partial charge in [0.2, 0.25) is 0 Å². The predicted octanol–water partition coefficient (Wildman–Crippen LogP) is 3.57. The van der Waals surface area contributed by atoms with Gasteiger partial charge in [-0.15, -0.1) is 11.3 Å². The van der Waals surface area contributed by atoms with Crippen LogP contribution in [0.2, 0.25) is 4.34 Å². The number of thiophene rings is 1. The van der Waals surface area contributed by atoms with Gasteiger partial charge in [-0.1, -0.05) is 11.6 Å². The largest absolute Gasteiger partial charge is 0.390 e. The van der Waals surface area contributed by atoms with Gasteiger partial charge in [-0.2, -0.15) is 0 Å². The SMILES string of the molecule is OC12CC3CC(C1)CC(NCc1ccc(Cl)s1)(C3)C2. The molecule has 0 spiro atoms. The van der Waals surface area contributed by atoms with Crippen molar-refractivity contribution in [2.24, 2.45) is 11.8 Å². The van der Waals surface area contributed by atoms with Gasteiger partial charge in [0.05, 0.1) is 9.94 Å². The number of hydrogen-bond acceptors (Lipinski definition) is 3. The average Bonchev–Trinajstić information content (AvgIpc) is 2.69. The molecule has 5 rings (SSSR count). The normalized spacial score (nSPS) is 43.9. The molecule has 0 radical (unpaired) electrons. The Morgan fingerprint density at radius 1 is 1.26 bits per heavy atom. The van der Waals surface area contributed by atoms with Crippen molar-refractivity contribution >= 4 is 22.9 Å². The standard InChI is InChI=1S/C15H20ClNOS/c16-13-2-1-12(19-13)8-17-14-4-10-3-11(5-14)7-15(18,6-10)9-14/h1-2,10-11,17-18H,3-9H2. The first kappa shape index (κ1) is 12.6. The molecule has 1 heterocycles. The molecule has 19 heavy (non-hydrogen) atoms. The molecule has 0 saturated heterocycles. The van der Waals surface area contributed by atoms with E-state index in [9.17, 15) is 5.11 Å². The lowest BCUT2D eigenvalue weighted by Gasteiger charge is -2.60. The first-order valence-electron chi connectivity index (χ1n) is 7.26. The zero-order chi connectivity index (χ0) is 13.1. The maximum atomic E-state index is 10.7. The number of aliphatic hydroxyl groups is 1. The minimum atomic E-state index is -0.371. The van der Waals surface area contributed by atoms with Crippen molar-refractivity contribution in [3.8, 4) is 0 Å². The summed E-state index contributed by atoms with van der Waals surface area (Å²) in [6.45, 7) is 0.896. The van der Waals surface area contributed by atoms with Crippen molar-refractivity contribution < 1.29 is 5.11 Å². The minimum absolute atomic E-state index is 0.190. The van der Waals surface area contributed by atoms with Gasteiger partial charge in [0.15, 0.2) is 0 Å². The highest BCUT2D eigenvalue weighted by Gasteiger charge is 2.56. The van der Waals surface area contributed by atoms with Gasteiger partial charge in [0.25, 0.3) is 0 Å². The number of halogens is 1. The van der Waals surface area contributed by atoms with Gasteiger partial charge in [-0.05, 0) is 62.5 Å². The highest BCUT2D eigenvalue weighted by Crippen LogP contribution is 2.57. The first-order chi connectivity index (χ1) is 9.04. The summed E-state index contributed by atoms with van der Waals surface area (Å²) >= 11 is 7.64. The van der Waals surface area contributed by atoms with Gasteiger partial charge < -0.3 is 10.4 Å². The average molecular weight is 298 g/mol. The van der Waals surface area contributed by atoms with Crippen LogP contribution in [0.3, 0.4) is 0 Å². The number of hydrogen-bond donors (Lipinski definition) is 2. The van der Waals surface area contributed by atoms with E-state index in [1.165, 1.54) is 24.1 Å². The second-order valence-corrected chi connectivity index (χ2v) is 8.82. The van der Waals surface area contributed by atoms with Crippen molar-refractivity contribution in [2.45, 2.75) is 56.2 Å². The highest BCUT2D eigenvalue weighted by atomic mass is 35.5. The van der Waals surface area contributed by atoms with Crippen molar-refractivity contribution in [3.05, 3.63) is 21.3 Å². The second kappa shape index (κ2) is 4.20. The van der Waals surface area contributed by atoms with Crippen LogP contribution in [0.4, 0.5) is 0 Å². The molecule has 4 heteroatoms. The Morgan fingerprint density at radius 2 is 2.00 bits per heavy atom. The Balaban J connectivity index is 1.51. The summed E-state index contributed by atoms with van der Waals surface area (Å²) in [5.41, 5.74) is -0.181. The molecule has 4 aliphatic carbocycles. The van der Waals surface area contributed by atoms with E-state index in [1.54, 1.807) is 11.3 Å². The fourth-order valence-electron chi connectivity index (χ4n) is 5.14. The van der Waals surface area contributed by atoms with Crippen LogP contribution in [0.1, 0.15) is 43.4 Å².